The Balaban J connectivity index is 2.42. The Morgan fingerprint density at radius 1 is 1.53 bits per heavy atom. The third kappa shape index (κ3) is 1.63. The van der Waals surface area contributed by atoms with E-state index >= 15 is 0 Å². The normalized spacial score (nSPS) is 23.7. The SMILES string of the molecule is COC(=O)c1ccc2c(c1)CCC2(C)O. The summed E-state index contributed by atoms with van der Waals surface area (Å²) in [6.45, 7) is 1.80. The standard InChI is InChI=1S/C12H14O3/c1-12(14)6-5-8-7-9(11(13)15-2)3-4-10(8)12/h3-4,7,14H,5-6H2,1-2H3. The minimum atomic E-state index is -0.746. The van der Waals surface area contributed by atoms with Crippen molar-refractivity contribution in [2.75, 3.05) is 7.11 Å². The van der Waals surface area contributed by atoms with Gasteiger partial charge in [-0.25, -0.2) is 4.79 Å². The van der Waals surface area contributed by atoms with Crippen molar-refractivity contribution in [3.05, 3.63) is 34.9 Å². The van der Waals surface area contributed by atoms with Gasteiger partial charge in [-0.05, 0) is 43.0 Å². The molecule has 1 unspecified atom stereocenters. The van der Waals surface area contributed by atoms with Crippen molar-refractivity contribution in [1.29, 1.82) is 0 Å². The van der Waals surface area contributed by atoms with Crippen molar-refractivity contribution >= 4 is 5.97 Å². The minimum absolute atomic E-state index is 0.329. The van der Waals surface area contributed by atoms with Crippen LogP contribution in [-0.2, 0) is 16.8 Å². The molecule has 80 valence electrons. The molecule has 1 N–H and O–H groups in total. The average Bonchev–Trinajstić information content (AvgIpc) is 2.53. The smallest absolute Gasteiger partial charge is 0.337 e. The topological polar surface area (TPSA) is 46.5 Å². The predicted octanol–water partition coefficient (Wildman–Crippen LogP) is 1.63. The lowest BCUT2D eigenvalue weighted by molar-refractivity contribution is 0.0583. The third-order valence-corrected chi connectivity index (χ3v) is 2.99. The molecule has 0 spiro atoms. The van der Waals surface area contributed by atoms with E-state index in [4.69, 9.17) is 0 Å². The van der Waals surface area contributed by atoms with Crippen LogP contribution in [0.3, 0.4) is 0 Å². The van der Waals surface area contributed by atoms with Crippen LogP contribution >= 0.6 is 0 Å². The van der Waals surface area contributed by atoms with Gasteiger partial charge in [0.25, 0.3) is 0 Å². The maximum absolute atomic E-state index is 11.3. The molecule has 0 aromatic heterocycles. The molecule has 1 aliphatic carbocycles. The quantitative estimate of drug-likeness (QED) is 0.710. The van der Waals surface area contributed by atoms with E-state index in [0.717, 1.165) is 17.5 Å². The average molecular weight is 206 g/mol. The van der Waals surface area contributed by atoms with Crippen molar-refractivity contribution in [2.24, 2.45) is 0 Å². The van der Waals surface area contributed by atoms with Gasteiger partial charge in [-0.2, -0.15) is 0 Å². The van der Waals surface area contributed by atoms with E-state index in [1.54, 1.807) is 13.0 Å². The summed E-state index contributed by atoms with van der Waals surface area (Å²) in [4.78, 5) is 11.3. The van der Waals surface area contributed by atoms with Gasteiger partial charge in [-0.1, -0.05) is 6.07 Å². The fourth-order valence-corrected chi connectivity index (χ4v) is 2.08. The van der Waals surface area contributed by atoms with Crippen LogP contribution in [0.2, 0.25) is 0 Å². The van der Waals surface area contributed by atoms with Crippen molar-refractivity contribution in [3.8, 4) is 0 Å². The van der Waals surface area contributed by atoms with Gasteiger partial charge < -0.3 is 9.84 Å². The molecule has 1 aromatic carbocycles. The zero-order valence-electron chi connectivity index (χ0n) is 8.91. The van der Waals surface area contributed by atoms with E-state index in [0.29, 0.717) is 12.0 Å². The van der Waals surface area contributed by atoms with Gasteiger partial charge in [0.2, 0.25) is 0 Å². The van der Waals surface area contributed by atoms with Crippen molar-refractivity contribution in [2.45, 2.75) is 25.4 Å². The molecule has 0 amide bonds. The van der Waals surface area contributed by atoms with Crippen LogP contribution in [0.4, 0.5) is 0 Å². The molecule has 0 radical (unpaired) electrons. The number of aryl methyl sites for hydroxylation is 1. The van der Waals surface area contributed by atoms with Crippen LogP contribution in [0.15, 0.2) is 18.2 Å². The Morgan fingerprint density at radius 2 is 2.27 bits per heavy atom. The lowest BCUT2D eigenvalue weighted by Gasteiger charge is -2.17. The highest BCUT2D eigenvalue weighted by atomic mass is 16.5. The van der Waals surface area contributed by atoms with E-state index in [2.05, 4.69) is 4.74 Å². The molecule has 2 rings (SSSR count). The fraction of sp³-hybridized carbons (Fsp3) is 0.417. The maximum atomic E-state index is 11.3. The molecule has 1 aliphatic rings. The van der Waals surface area contributed by atoms with Crippen molar-refractivity contribution in [3.63, 3.8) is 0 Å². The Labute approximate surface area is 88.7 Å². The molecule has 0 fully saturated rings. The summed E-state index contributed by atoms with van der Waals surface area (Å²) < 4.78 is 4.65. The first-order valence-electron chi connectivity index (χ1n) is 4.99. The highest BCUT2D eigenvalue weighted by Gasteiger charge is 2.32. The Hall–Kier alpha value is -1.35. The lowest BCUT2D eigenvalue weighted by atomic mass is 9.97. The molecule has 0 saturated heterocycles. The largest absolute Gasteiger partial charge is 0.465 e. The van der Waals surface area contributed by atoms with Gasteiger partial charge in [-0.3, -0.25) is 0 Å². The van der Waals surface area contributed by atoms with Gasteiger partial charge in [0.15, 0.2) is 0 Å². The first-order chi connectivity index (χ1) is 7.04. The summed E-state index contributed by atoms with van der Waals surface area (Å²) in [5, 5.41) is 10.0. The predicted molar refractivity (Wildman–Crippen MR) is 55.7 cm³/mol. The summed E-state index contributed by atoms with van der Waals surface area (Å²) in [5.74, 6) is -0.329. The second kappa shape index (κ2) is 3.35. The van der Waals surface area contributed by atoms with E-state index in [1.807, 2.05) is 12.1 Å². The second-order valence-electron chi connectivity index (χ2n) is 4.14. The zero-order valence-corrected chi connectivity index (χ0v) is 8.91. The summed E-state index contributed by atoms with van der Waals surface area (Å²) in [5.41, 5.74) is 1.77. The number of fused-ring (bicyclic) bond motifs is 1. The summed E-state index contributed by atoms with van der Waals surface area (Å²) in [6, 6.07) is 5.32. The maximum Gasteiger partial charge on any atom is 0.337 e. The van der Waals surface area contributed by atoms with E-state index in [9.17, 15) is 9.90 Å². The molecule has 0 saturated carbocycles. The van der Waals surface area contributed by atoms with Crippen LogP contribution < -0.4 is 0 Å². The van der Waals surface area contributed by atoms with Crippen LogP contribution in [0, 0.1) is 0 Å². The molecule has 1 aromatic rings. The number of carbonyl (C=O) groups is 1. The highest BCUT2D eigenvalue weighted by molar-refractivity contribution is 5.89. The van der Waals surface area contributed by atoms with Gasteiger partial charge >= 0.3 is 5.97 Å². The van der Waals surface area contributed by atoms with Gasteiger partial charge in [0, 0.05) is 0 Å². The molecule has 0 bridgehead atoms. The molecule has 1 atom stereocenters. The van der Waals surface area contributed by atoms with Crippen LogP contribution in [0.25, 0.3) is 0 Å². The summed E-state index contributed by atoms with van der Waals surface area (Å²) >= 11 is 0. The van der Waals surface area contributed by atoms with Gasteiger partial charge in [0.05, 0.1) is 18.3 Å². The zero-order chi connectivity index (χ0) is 11.1. The number of carbonyl (C=O) groups excluding carboxylic acids is 1. The van der Waals surface area contributed by atoms with Gasteiger partial charge in [-0.15, -0.1) is 0 Å². The number of esters is 1. The Morgan fingerprint density at radius 3 is 2.93 bits per heavy atom. The van der Waals surface area contributed by atoms with Gasteiger partial charge in [0.1, 0.15) is 0 Å². The summed E-state index contributed by atoms with van der Waals surface area (Å²) in [7, 11) is 1.37. The van der Waals surface area contributed by atoms with E-state index in [1.165, 1.54) is 7.11 Å². The van der Waals surface area contributed by atoms with Crippen LogP contribution in [-0.4, -0.2) is 18.2 Å². The van der Waals surface area contributed by atoms with Crippen LogP contribution in [0.5, 0.6) is 0 Å². The Kier molecular flexibility index (Phi) is 2.27. The molecular weight excluding hydrogens is 192 g/mol. The number of benzene rings is 1. The number of hydrogen-bond donors (Lipinski definition) is 1. The molecule has 3 nitrogen and oxygen atoms in total. The van der Waals surface area contributed by atoms with E-state index < -0.39 is 5.60 Å². The van der Waals surface area contributed by atoms with E-state index in [-0.39, 0.29) is 5.97 Å². The number of rotatable bonds is 1. The highest BCUT2D eigenvalue weighted by Crippen LogP contribution is 2.36. The summed E-state index contributed by atoms with van der Waals surface area (Å²) in [6.07, 6.45) is 1.53. The second-order valence-corrected chi connectivity index (χ2v) is 4.14. The monoisotopic (exact) mass is 206 g/mol. The number of hydrogen-bond acceptors (Lipinski definition) is 3. The number of ether oxygens (including phenoxy) is 1. The lowest BCUT2D eigenvalue weighted by Crippen LogP contribution is -2.16. The minimum Gasteiger partial charge on any atom is -0.465 e. The first kappa shape index (κ1) is 10.2. The number of methoxy groups -OCH3 is 1. The third-order valence-electron chi connectivity index (χ3n) is 2.99. The van der Waals surface area contributed by atoms with Crippen molar-refractivity contribution in [1.82, 2.24) is 0 Å². The van der Waals surface area contributed by atoms with Crippen molar-refractivity contribution < 1.29 is 14.6 Å². The molecule has 15 heavy (non-hydrogen) atoms. The first-order valence-corrected chi connectivity index (χ1v) is 4.99. The molecule has 0 heterocycles. The Bertz CT molecular complexity index is 407. The molecule has 3 heteroatoms. The molecule has 0 aliphatic heterocycles. The fourth-order valence-electron chi connectivity index (χ4n) is 2.08. The van der Waals surface area contributed by atoms with Crippen LogP contribution in [0.1, 0.15) is 34.8 Å². The molecular formula is C12H14O3. The number of aliphatic hydroxyl groups is 1.